The third-order valence-electron chi connectivity index (χ3n) is 9.09. The van der Waals surface area contributed by atoms with Gasteiger partial charge in [-0.25, -0.2) is 9.97 Å². The Kier molecular flexibility index (Phi) is 7.45. The summed E-state index contributed by atoms with van der Waals surface area (Å²) < 4.78 is 6.61. The van der Waals surface area contributed by atoms with E-state index in [1.807, 2.05) is 60.7 Å². The minimum absolute atomic E-state index is 0.686. The molecule has 0 saturated carbocycles. The van der Waals surface area contributed by atoms with Gasteiger partial charge in [0.05, 0.1) is 22.5 Å². The predicted octanol–water partition coefficient (Wildman–Crippen LogP) is 12.5. The Morgan fingerprint density at radius 2 is 0.920 bits per heavy atom. The van der Waals surface area contributed by atoms with E-state index >= 15 is 0 Å². The molecule has 0 N–H and O–H groups in total. The summed E-state index contributed by atoms with van der Waals surface area (Å²) in [6.45, 7) is 0. The zero-order valence-electron chi connectivity index (χ0n) is 27.1. The first kappa shape index (κ1) is 29.4. The minimum Gasteiger partial charge on any atom is -0.456 e. The van der Waals surface area contributed by atoms with Crippen molar-refractivity contribution < 1.29 is 4.42 Å². The third kappa shape index (κ3) is 5.49. The number of aromatic nitrogens is 2. The Morgan fingerprint density at radius 1 is 0.380 bits per heavy atom. The molecule has 0 fully saturated rings. The highest BCUT2D eigenvalue weighted by atomic mass is 16.3. The fourth-order valence-electron chi connectivity index (χ4n) is 6.66. The molecular formula is C46H31N3O. The SMILES string of the molecule is c1ccc(-c2ccc(N(c3ccccc3)c3cccc4oc5cc(-c6cc(-c7ccccc7)nc(-c7ccccc7)n6)ccc5c34)cc2)cc1. The summed E-state index contributed by atoms with van der Waals surface area (Å²) in [5, 5.41) is 2.10. The molecule has 236 valence electrons. The van der Waals surface area contributed by atoms with E-state index in [4.69, 9.17) is 14.4 Å². The number of nitrogens with zero attached hydrogens (tertiary/aromatic N) is 3. The van der Waals surface area contributed by atoms with Crippen LogP contribution in [0.4, 0.5) is 17.1 Å². The van der Waals surface area contributed by atoms with Gasteiger partial charge in [0.25, 0.3) is 0 Å². The van der Waals surface area contributed by atoms with Crippen molar-refractivity contribution in [3.8, 4) is 45.0 Å². The lowest BCUT2D eigenvalue weighted by atomic mass is 10.0. The second kappa shape index (κ2) is 12.7. The van der Waals surface area contributed by atoms with Gasteiger partial charge in [-0.05, 0) is 65.7 Å². The molecule has 4 heteroatoms. The number of hydrogen-bond acceptors (Lipinski definition) is 4. The molecule has 2 heterocycles. The summed E-state index contributed by atoms with van der Waals surface area (Å²) >= 11 is 0. The van der Waals surface area contributed by atoms with Gasteiger partial charge < -0.3 is 9.32 Å². The molecule has 7 aromatic carbocycles. The van der Waals surface area contributed by atoms with E-state index in [0.29, 0.717) is 5.82 Å². The van der Waals surface area contributed by atoms with Crippen LogP contribution in [-0.4, -0.2) is 9.97 Å². The van der Waals surface area contributed by atoms with Crippen LogP contribution >= 0.6 is 0 Å². The van der Waals surface area contributed by atoms with Crippen LogP contribution in [0.15, 0.2) is 192 Å². The molecule has 0 saturated heterocycles. The molecule has 0 aliphatic carbocycles. The van der Waals surface area contributed by atoms with Crippen LogP contribution in [0.5, 0.6) is 0 Å². The lowest BCUT2D eigenvalue weighted by Crippen LogP contribution is -2.10. The molecule has 0 atom stereocenters. The summed E-state index contributed by atoms with van der Waals surface area (Å²) in [7, 11) is 0. The van der Waals surface area contributed by atoms with Crippen molar-refractivity contribution in [2.45, 2.75) is 0 Å². The highest BCUT2D eigenvalue weighted by Crippen LogP contribution is 2.44. The first-order chi connectivity index (χ1) is 24.8. The molecule has 0 amide bonds. The fourth-order valence-corrected chi connectivity index (χ4v) is 6.66. The molecule has 0 radical (unpaired) electrons. The van der Waals surface area contributed by atoms with E-state index in [1.165, 1.54) is 11.1 Å². The Morgan fingerprint density at radius 3 is 1.60 bits per heavy atom. The largest absolute Gasteiger partial charge is 0.456 e. The molecule has 0 aliphatic heterocycles. The Balaban J connectivity index is 1.18. The topological polar surface area (TPSA) is 42.2 Å². The van der Waals surface area contributed by atoms with Crippen LogP contribution in [0.2, 0.25) is 0 Å². The lowest BCUT2D eigenvalue weighted by molar-refractivity contribution is 0.669. The number of benzene rings is 7. The van der Waals surface area contributed by atoms with Gasteiger partial charge in [0.2, 0.25) is 0 Å². The van der Waals surface area contributed by atoms with E-state index in [9.17, 15) is 0 Å². The maximum atomic E-state index is 6.61. The van der Waals surface area contributed by atoms with Gasteiger partial charge >= 0.3 is 0 Å². The normalized spacial score (nSPS) is 11.2. The van der Waals surface area contributed by atoms with Crippen LogP contribution in [0, 0.1) is 0 Å². The standard InChI is InChI=1S/C46H31N3O/c1-5-14-32(15-6-1)33-24-27-38(28-25-33)49(37-20-11-4-12-21-37)42-22-13-23-43-45(42)39-29-26-36(30-44(39)50-43)41-31-40(34-16-7-2-8-17-34)47-46(48-41)35-18-9-3-10-19-35/h1-31H. The average molecular weight is 642 g/mol. The van der Waals surface area contributed by atoms with Gasteiger partial charge in [-0.1, -0.05) is 133 Å². The molecule has 50 heavy (non-hydrogen) atoms. The summed E-state index contributed by atoms with van der Waals surface area (Å²) in [5.74, 6) is 0.686. The smallest absolute Gasteiger partial charge is 0.160 e. The van der Waals surface area contributed by atoms with E-state index in [1.54, 1.807) is 0 Å². The maximum absolute atomic E-state index is 6.61. The molecule has 2 aromatic heterocycles. The van der Waals surface area contributed by atoms with Gasteiger partial charge in [-0.2, -0.15) is 0 Å². The van der Waals surface area contributed by atoms with Crippen molar-refractivity contribution in [1.29, 1.82) is 0 Å². The Hall–Kier alpha value is -6.78. The lowest BCUT2D eigenvalue weighted by Gasteiger charge is -2.26. The van der Waals surface area contributed by atoms with E-state index in [2.05, 4.69) is 132 Å². The minimum atomic E-state index is 0.686. The van der Waals surface area contributed by atoms with Crippen molar-refractivity contribution in [2.24, 2.45) is 0 Å². The van der Waals surface area contributed by atoms with Crippen LogP contribution in [0.1, 0.15) is 0 Å². The van der Waals surface area contributed by atoms with Gasteiger partial charge in [-0.3, -0.25) is 0 Å². The highest BCUT2D eigenvalue weighted by molar-refractivity contribution is 6.14. The summed E-state index contributed by atoms with van der Waals surface area (Å²) in [6, 6.07) is 64.9. The van der Waals surface area contributed by atoms with Crippen LogP contribution in [0.3, 0.4) is 0 Å². The molecule has 9 rings (SSSR count). The van der Waals surface area contributed by atoms with Crippen molar-refractivity contribution >= 4 is 39.0 Å². The molecule has 0 unspecified atom stereocenters. The van der Waals surface area contributed by atoms with Crippen molar-refractivity contribution in [1.82, 2.24) is 9.97 Å². The zero-order chi connectivity index (χ0) is 33.3. The fraction of sp³-hybridized carbons (Fsp3) is 0. The molecule has 9 aromatic rings. The average Bonchev–Trinajstić information content (AvgIpc) is 3.58. The molecule has 0 aliphatic rings. The van der Waals surface area contributed by atoms with Gasteiger partial charge in [0.15, 0.2) is 5.82 Å². The van der Waals surface area contributed by atoms with Gasteiger partial charge in [0, 0.05) is 33.5 Å². The van der Waals surface area contributed by atoms with Crippen LogP contribution in [-0.2, 0) is 0 Å². The first-order valence-electron chi connectivity index (χ1n) is 16.7. The molecule has 0 spiro atoms. The van der Waals surface area contributed by atoms with Crippen molar-refractivity contribution in [3.05, 3.63) is 188 Å². The molecule has 4 nitrogen and oxygen atoms in total. The van der Waals surface area contributed by atoms with E-state index < -0.39 is 0 Å². The number of fused-ring (bicyclic) bond motifs is 3. The quantitative estimate of drug-likeness (QED) is 0.174. The predicted molar refractivity (Wildman–Crippen MR) is 206 cm³/mol. The van der Waals surface area contributed by atoms with Gasteiger partial charge in [-0.15, -0.1) is 0 Å². The Labute approximate surface area is 290 Å². The number of para-hydroxylation sites is 1. The summed E-state index contributed by atoms with van der Waals surface area (Å²) in [6.07, 6.45) is 0. The number of hydrogen-bond donors (Lipinski definition) is 0. The van der Waals surface area contributed by atoms with Crippen LogP contribution in [0.25, 0.3) is 67.0 Å². The number of furan rings is 1. The zero-order valence-corrected chi connectivity index (χ0v) is 27.1. The highest BCUT2D eigenvalue weighted by Gasteiger charge is 2.20. The third-order valence-corrected chi connectivity index (χ3v) is 9.09. The van der Waals surface area contributed by atoms with E-state index in [-0.39, 0.29) is 0 Å². The monoisotopic (exact) mass is 641 g/mol. The number of rotatable bonds is 7. The molecular weight excluding hydrogens is 611 g/mol. The maximum Gasteiger partial charge on any atom is 0.160 e. The molecule has 0 bridgehead atoms. The summed E-state index contributed by atoms with van der Waals surface area (Å²) in [4.78, 5) is 12.3. The Bertz CT molecular complexity index is 2510. The second-order valence-corrected chi connectivity index (χ2v) is 12.2. The number of anilines is 3. The second-order valence-electron chi connectivity index (χ2n) is 12.2. The van der Waals surface area contributed by atoms with Crippen LogP contribution < -0.4 is 4.90 Å². The summed E-state index contributed by atoms with van der Waals surface area (Å²) in [5.41, 5.74) is 11.9. The van der Waals surface area contributed by atoms with E-state index in [0.717, 1.165) is 67.1 Å². The van der Waals surface area contributed by atoms with Crippen molar-refractivity contribution in [3.63, 3.8) is 0 Å². The van der Waals surface area contributed by atoms with Crippen molar-refractivity contribution in [2.75, 3.05) is 4.90 Å². The first-order valence-corrected chi connectivity index (χ1v) is 16.7. The van der Waals surface area contributed by atoms with Gasteiger partial charge in [0.1, 0.15) is 11.2 Å².